The van der Waals surface area contributed by atoms with Crippen molar-refractivity contribution in [1.82, 2.24) is 15.5 Å². The van der Waals surface area contributed by atoms with E-state index in [0.717, 1.165) is 11.3 Å². The molecule has 0 aliphatic rings. The van der Waals surface area contributed by atoms with E-state index in [2.05, 4.69) is 20.5 Å². The predicted octanol–water partition coefficient (Wildman–Crippen LogP) is 2.70. The van der Waals surface area contributed by atoms with Crippen molar-refractivity contribution < 1.29 is 8.81 Å². The molecule has 0 aliphatic carbocycles. The third-order valence-electron chi connectivity index (χ3n) is 3.88. The lowest BCUT2D eigenvalue weighted by atomic mass is 10.1. The van der Waals surface area contributed by atoms with Crippen LogP contribution in [0.15, 0.2) is 46.0 Å². The maximum absolute atomic E-state index is 13.6. The topological polar surface area (TPSA) is 52.8 Å². The zero-order valence-electron chi connectivity index (χ0n) is 14.6. The number of guanidine groups is 1. The van der Waals surface area contributed by atoms with E-state index in [4.69, 9.17) is 4.42 Å². The van der Waals surface area contributed by atoms with Gasteiger partial charge in [-0.25, -0.2) is 4.39 Å². The molecule has 0 fully saturated rings. The zero-order valence-corrected chi connectivity index (χ0v) is 14.6. The van der Waals surface area contributed by atoms with Crippen molar-refractivity contribution in [3.63, 3.8) is 0 Å². The molecule has 1 atom stereocenters. The van der Waals surface area contributed by atoms with Gasteiger partial charge in [0, 0.05) is 20.1 Å². The van der Waals surface area contributed by atoms with Crippen LogP contribution in [0.4, 0.5) is 4.39 Å². The fourth-order valence-electron chi connectivity index (χ4n) is 2.36. The van der Waals surface area contributed by atoms with Crippen LogP contribution in [0.3, 0.4) is 0 Å². The predicted molar refractivity (Wildman–Crippen MR) is 94.5 cm³/mol. The molecule has 0 aliphatic heterocycles. The number of hydrogen-bond donors (Lipinski definition) is 2. The first-order chi connectivity index (χ1) is 11.5. The molecule has 6 heteroatoms. The maximum Gasteiger partial charge on any atom is 0.191 e. The number of halogens is 1. The quantitative estimate of drug-likeness (QED) is 0.631. The summed E-state index contributed by atoms with van der Waals surface area (Å²) in [6.45, 7) is 2.90. The molecule has 0 saturated carbocycles. The first-order valence-corrected chi connectivity index (χ1v) is 7.90. The molecule has 1 aromatic heterocycles. The normalized spacial score (nSPS) is 13.2. The van der Waals surface area contributed by atoms with Gasteiger partial charge in [-0.1, -0.05) is 12.1 Å². The van der Waals surface area contributed by atoms with Crippen LogP contribution in [-0.4, -0.2) is 38.5 Å². The van der Waals surface area contributed by atoms with E-state index < -0.39 is 0 Å². The summed E-state index contributed by atoms with van der Waals surface area (Å²) in [6, 6.07) is 9.16. The van der Waals surface area contributed by atoms with Gasteiger partial charge in [0.25, 0.3) is 0 Å². The second-order valence-electron chi connectivity index (χ2n) is 5.89. The number of nitrogens with zero attached hydrogens (tertiary/aromatic N) is 2. The summed E-state index contributed by atoms with van der Waals surface area (Å²) in [6.07, 6.45) is 1.67. The van der Waals surface area contributed by atoms with Crippen LogP contribution in [0.5, 0.6) is 0 Å². The fourth-order valence-corrected chi connectivity index (χ4v) is 2.36. The van der Waals surface area contributed by atoms with Crippen molar-refractivity contribution in [3.8, 4) is 0 Å². The van der Waals surface area contributed by atoms with Crippen LogP contribution in [-0.2, 0) is 6.54 Å². The van der Waals surface area contributed by atoms with Crippen LogP contribution < -0.4 is 10.6 Å². The van der Waals surface area contributed by atoms with Crippen molar-refractivity contribution in [2.75, 3.05) is 27.7 Å². The molecule has 0 spiro atoms. The SMILES string of the molecule is CN=C(NCc1ccc(C)c(F)c1)NCC(c1ccco1)N(C)C. The lowest BCUT2D eigenvalue weighted by Gasteiger charge is -2.23. The number of hydrogen-bond acceptors (Lipinski definition) is 3. The van der Waals surface area contributed by atoms with E-state index >= 15 is 0 Å². The van der Waals surface area contributed by atoms with Crippen LogP contribution in [0.2, 0.25) is 0 Å². The highest BCUT2D eigenvalue weighted by Crippen LogP contribution is 2.17. The Hall–Kier alpha value is -2.34. The first-order valence-electron chi connectivity index (χ1n) is 7.90. The fraction of sp³-hybridized carbons (Fsp3) is 0.389. The summed E-state index contributed by atoms with van der Waals surface area (Å²) in [7, 11) is 5.71. The second kappa shape index (κ2) is 8.49. The minimum Gasteiger partial charge on any atom is -0.468 e. The summed E-state index contributed by atoms with van der Waals surface area (Å²) >= 11 is 0. The highest BCUT2D eigenvalue weighted by atomic mass is 19.1. The standard InChI is InChI=1S/C18H25FN4O/c1-13-7-8-14(10-15(13)19)11-21-18(20-2)22-12-16(23(3)4)17-6-5-9-24-17/h5-10,16H,11-12H2,1-4H3,(H2,20,21,22). The number of benzene rings is 1. The van der Waals surface area contributed by atoms with E-state index in [-0.39, 0.29) is 11.9 Å². The molecule has 24 heavy (non-hydrogen) atoms. The molecule has 1 aromatic carbocycles. The first kappa shape index (κ1) is 18.0. The van der Waals surface area contributed by atoms with Crippen molar-refractivity contribution in [2.45, 2.75) is 19.5 Å². The summed E-state index contributed by atoms with van der Waals surface area (Å²) in [5.41, 5.74) is 1.52. The molecule has 0 radical (unpaired) electrons. The Labute approximate surface area is 142 Å². The molecule has 2 N–H and O–H groups in total. The molecule has 0 saturated heterocycles. The number of rotatable bonds is 6. The average molecular weight is 332 g/mol. The maximum atomic E-state index is 13.6. The third-order valence-corrected chi connectivity index (χ3v) is 3.88. The highest BCUT2D eigenvalue weighted by Gasteiger charge is 2.17. The molecule has 2 rings (SSSR count). The van der Waals surface area contributed by atoms with Gasteiger partial charge in [0.05, 0.1) is 12.3 Å². The molecule has 0 amide bonds. The summed E-state index contributed by atoms with van der Waals surface area (Å²) in [4.78, 5) is 6.29. The number of aryl methyl sites for hydroxylation is 1. The largest absolute Gasteiger partial charge is 0.468 e. The monoisotopic (exact) mass is 332 g/mol. The minimum absolute atomic E-state index is 0.0929. The van der Waals surface area contributed by atoms with Crippen LogP contribution in [0, 0.1) is 12.7 Å². The van der Waals surface area contributed by atoms with Gasteiger partial charge < -0.3 is 15.1 Å². The van der Waals surface area contributed by atoms with Gasteiger partial charge in [-0.3, -0.25) is 9.89 Å². The van der Waals surface area contributed by atoms with Gasteiger partial charge in [-0.05, 0) is 50.3 Å². The lowest BCUT2D eigenvalue weighted by Crippen LogP contribution is -2.41. The Balaban J connectivity index is 1.91. The van der Waals surface area contributed by atoms with E-state index in [9.17, 15) is 4.39 Å². The second-order valence-corrected chi connectivity index (χ2v) is 5.89. The smallest absolute Gasteiger partial charge is 0.191 e. The Kier molecular flexibility index (Phi) is 6.37. The molecule has 1 unspecified atom stereocenters. The number of aliphatic imine (C=N–C) groups is 1. The average Bonchev–Trinajstić information content (AvgIpc) is 3.07. The molecule has 130 valence electrons. The van der Waals surface area contributed by atoms with Gasteiger partial charge in [-0.15, -0.1) is 0 Å². The summed E-state index contributed by atoms with van der Waals surface area (Å²) in [5.74, 6) is 1.36. The van der Waals surface area contributed by atoms with E-state index in [1.54, 1.807) is 32.4 Å². The summed E-state index contributed by atoms with van der Waals surface area (Å²) in [5, 5.41) is 6.47. The lowest BCUT2D eigenvalue weighted by molar-refractivity contribution is 0.258. The number of likely N-dealkylation sites (N-methyl/N-ethyl adjacent to an activating group) is 1. The van der Waals surface area contributed by atoms with Gasteiger partial charge in [0.1, 0.15) is 11.6 Å². The Morgan fingerprint density at radius 3 is 2.67 bits per heavy atom. The van der Waals surface area contributed by atoms with Gasteiger partial charge in [0.15, 0.2) is 5.96 Å². The van der Waals surface area contributed by atoms with Crippen LogP contribution in [0.1, 0.15) is 22.9 Å². The molecule has 5 nitrogen and oxygen atoms in total. The van der Waals surface area contributed by atoms with Crippen molar-refractivity contribution >= 4 is 5.96 Å². The highest BCUT2D eigenvalue weighted by molar-refractivity contribution is 5.79. The van der Waals surface area contributed by atoms with E-state index in [0.29, 0.717) is 24.6 Å². The molecule has 1 heterocycles. The zero-order chi connectivity index (χ0) is 17.5. The Bertz CT molecular complexity index is 668. The van der Waals surface area contributed by atoms with Crippen LogP contribution >= 0.6 is 0 Å². The Morgan fingerprint density at radius 2 is 2.08 bits per heavy atom. The number of furan rings is 1. The number of nitrogens with one attached hydrogen (secondary N) is 2. The molecular formula is C18H25FN4O. The Morgan fingerprint density at radius 1 is 1.29 bits per heavy atom. The van der Waals surface area contributed by atoms with Crippen molar-refractivity contribution in [2.24, 2.45) is 4.99 Å². The van der Waals surface area contributed by atoms with Gasteiger partial charge in [0.2, 0.25) is 0 Å². The van der Waals surface area contributed by atoms with Gasteiger partial charge in [-0.2, -0.15) is 0 Å². The summed E-state index contributed by atoms with van der Waals surface area (Å²) < 4.78 is 19.1. The molecule has 2 aromatic rings. The molecular weight excluding hydrogens is 307 g/mol. The van der Waals surface area contributed by atoms with Crippen molar-refractivity contribution in [3.05, 3.63) is 59.3 Å². The molecule has 0 bridgehead atoms. The van der Waals surface area contributed by atoms with Crippen molar-refractivity contribution in [1.29, 1.82) is 0 Å². The van der Waals surface area contributed by atoms with E-state index in [1.165, 1.54) is 0 Å². The van der Waals surface area contributed by atoms with E-state index in [1.807, 2.05) is 32.3 Å². The minimum atomic E-state index is -0.192. The third kappa shape index (κ3) is 4.83. The van der Waals surface area contributed by atoms with Gasteiger partial charge >= 0.3 is 0 Å². The van der Waals surface area contributed by atoms with Crippen LogP contribution in [0.25, 0.3) is 0 Å².